The third-order valence-corrected chi connectivity index (χ3v) is 6.40. The summed E-state index contributed by atoms with van der Waals surface area (Å²) >= 11 is 0. The number of sulfonamides is 1. The number of para-hydroxylation sites is 1. The molecule has 0 saturated carbocycles. The SMILES string of the molecule is O=S(=O)(c1ccc(CN2CCc3ccccc32)o1)N1CCCC1. The van der Waals surface area contributed by atoms with Gasteiger partial charge in [-0.05, 0) is 43.0 Å². The number of fused-ring (bicyclic) bond motifs is 1. The molecule has 0 bridgehead atoms. The van der Waals surface area contributed by atoms with Crippen LogP contribution in [0.4, 0.5) is 5.69 Å². The Kier molecular flexibility index (Phi) is 3.66. The largest absolute Gasteiger partial charge is 0.446 e. The van der Waals surface area contributed by atoms with E-state index in [4.69, 9.17) is 4.42 Å². The van der Waals surface area contributed by atoms with Crippen LogP contribution in [-0.2, 0) is 23.0 Å². The molecular formula is C17H20N2O3S. The van der Waals surface area contributed by atoms with Crippen molar-refractivity contribution < 1.29 is 12.8 Å². The molecule has 0 atom stereocenters. The zero-order valence-electron chi connectivity index (χ0n) is 12.9. The van der Waals surface area contributed by atoms with Crippen LogP contribution in [0.5, 0.6) is 0 Å². The maximum absolute atomic E-state index is 12.5. The third-order valence-electron chi connectivity index (χ3n) is 4.63. The predicted octanol–water partition coefficient (Wildman–Crippen LogP) is 2.63. The van der Waals surface area contributed by atoms with Crippen molar-refractivity contribution in [2.45, 2.75) is 30.9 Å². The summed E-state index contributed by atoms with van der Waals surface area (Å²) < 4.78 is 32.2. The molecule has 1 aromatic heterocycles. The van der Waals surface area contributed by atoms with Crippen molar-refractivity contribution in [3.05, 3.63) is 47.7 Å². The lowest BCUT2D eigenvalue weighted by molar-refractivity contribution is 0.388. The summed E-state index contributed by atoms with van der Waals surface area (Å²) in [6.45, 7) is 2.73. The number of anilines is 1. The summed E-state index contributed by atoms with van der Waals surface area (Å²) in [5.74, 6) is 0.694. The molecule has 122 valence electrons. The molecule has 2 aliphatic heterocycles. The lowest BCUT2D eigenvalue weighted by Gasteiger charge is -2.18. The van der Waals surface area contributed by atoms with Gasteiger partial charge in [-0.15, -0.1) is 0 Å². The van der Waals surface area contributed by atoms with Gasteiger partial charge in [-0.3, -0.25) is 0 Å². The number of hydrogen-bond donors (Lipinski definition) is 0. The van der Waals surface area contributed by atoms with Crippen LogP contribution in [0.15, 0.2) is 45.9 Å². The molecule has 0 radical (unpaired) electrons. The monoisotopic (exact) mass is 332 g/mol. The summed E-state index contributed by atoms with van der Waals surface area (Å²) in [5, 5.41) is 0.0712. The predicted molar refractivity (Wildman–Crippen MR) is 87.9 cm³/mol. The van der Waals surface area contributed by atoms with Gasteiger partial charge < -0.3 is 9.32 Å². The van der Waals surface area contributed by atoms with Crippen molar-refractivity contribution >= 4 is 15.7 Å². The Morgan fingerprint density at radius 3 is 2.61 bits per heavy atom. The topological polar surface area (TPSA) is 53.8 Å². The smallest absolute Gasteiger partial charge is 0.276 e. The van der Waals surface area contributed by atoms with Gasteiger partial charge in [-0.2, -0.15) is 4.31 Å². The van der Waals surface area contributed by atoms with Crippen LogP contribution in [0.2, 0.25) is 0 Å². The minimum atomic E-state index is -3.46. The van der Waals surface area contributed by atoms with Crippen LogP contribution < -0.4 is 4.90 Å². The molecule has 1 fully saturated rings. The Balaban J connectivity index is 1.53. The van der Waals surface area contributed by atoms with Crippen molar-refractivity contribution in [3.8, 4) is 0 Å². The van der Waals surface area contributed by atoms with Gasteiger partial charge in [0.25, 0.3) is 10.0 Å². The number of rotatable bonds is 4. The van der Waals surface area contributed by atoms with E-state index >= 15 is 0 Å². The molecule has 2 aromatic rings. The first-order chi connectivity index (χ1) is 11.1. The number of nitrogens with zero attached hydrogens (tertiary/aromatic N) is 2. The number of benzene rings is 1. The first kappa shape index (κ1) is 14.8. The van der Waals surface area contributed by atoms with E-state index in [0.717, 1.165) is 25.8 Å². The van der Waals surface area contributed by atoms with Gasteiger partial charge in [0.2, 0.25) is 5.09 Å². The van der Waals surface area contributed by atoms with Crippen LogP contribution >= 0.6 is 0 Å². The summed E-state index contributed by atoms with van der Waals surface area (Å²) in [4.78, 5) is 2.24. The zero-order valence-corrected chi connectivity index (χ0v) is 13.8. The van der Waals surface area contributed by atoms with Crippen LogP contribution in [0.3, 0.4) is 0 Å². The first-order valence-electron chi connectivity index (χ1n) is 8.06. The van der Waals surface area contributed by atoms with E-state index < -0.39 is 10.0 Å². The normalized spacial score (nSPS) is 18.5. The van der Waals surface area contributed by atoms with Crippen molar-refractivity contribution in [3.63, 3.8) is 0 Å². The summed E-state index contributed by atoms with van der Waals surface area (Å²) in [7, 11) is -3.46. The van der Waals surface area contributed by atoms with Crippen molar-refractivity contribution in [2.24, 2.45) is 0 Å². The highest BCUT2D eigenvalue weighted by molar-refractivity contribution is 7.89. The molecular weight excluding hydrogens is 312 g/mol. The quantitative estimate of drug-likeness (QED) is 0.864. The number of hydrogen-bond acceptors (Lipinski definition) is 4. The van der Waals surface area contributed by atoms with E-state index in [1.165, 1.54) is 15.6 Å². The van der Waals surface area contributed by atoms with Gasteiger partial charge >= 0.3 is 0 Å². The van der Waals surface area contributed by atoms with Crippen LogP contribution in [0.1, 0.15) is 24.2 Å². The van der Waals surface area contributed by atoms with E-state index in [-0.39, 0.29) is 5.09 Å². The van der Waals surface area contributed by atoms with Gasteiger partial charge in [0, 0.05) is 25.3 Å². The molecule has 0 aliphatic carbocycles. The maximum atomic E-state index is 12.5. The fourth-order valence-corrected chi connectivity index (χ4v) is 4.84. The Hall–Kier alpha value is -1.79. The lowest BCUT2D eigenvalue weighted by atomic mass is 10.2. The van der Waals surface area contributed by atoms with E-state index in [2.05, 4.69) is 23.1 Å². The third kappa shape index (κ3) is 2.66. The second kappa shape index (κ2) is 5.69. The summed E-state index contributed by atoms with van der Waals surface area (Å²) in [6, 6.07) is 11.7. The number of furan rings is 1. The Labute approximate surface area is 136 Å². The maximum Gasteiger partial charge on any atom is 0.276 e. The Morgan fingerprint density at radius 1 is 1.00 bits per heavy atom. The molecule has 0 N–H and O–H groups in total. The molecule has 0 amide bonds. The van der Waals surface area contributed by atoms with Gasteiger partial charge in [0.1, 0.15) is 5.76 Å². The average Bonchev–Trinajstić information content (AvgIpc) is 3.29. The highest BCUT2D eigenvalue weighted by Crippen LogP contribution is 2.30. The van der Waals surface area contributed by atoms with Crippen LogP contribution in [-0.4, -0.2) is 32.4 Å². The fourth-order valence-electron chi connectivity index (χ4n) is 3.40. The van der Waals surface area contributed by atoms with E-state index in [9.17, 15) is 8.42 Å². The molecule has 1 aromatic carbocycles. The molecule has 0 spiro atoms. The standard InChI is InChI=1S/C17H20N2O3S/c20-23(21,19-10-3-4-11-19)17-8-7-15(22-17)13-18-12-9-14-5-1-2-6-16(14)18/h1-2,5-8H,3-4,9-13H2. The second-order valence-electron chi connectivity index (χ2n) is 6.13. The van der Waals surface area contributed by atoms with Crippen LogP contribution in [0, 0.1) is 0 Å². The van der Waals surface area contributed by atoms with Gasteiger partial charge in [-0.25, -0.2) is 8.42 Å². The van der Waals surface area contributed by atoms with E-state index in [1.54, 1.807) is 12.1 Å². The highest BCUT2D eigenvalue weighted by Gasteiger charge is 2.30. The van der Waals surface area contributed by atoms with Gasteiger partial charge in [-0.1, -0.05) is 18.2 Å². The second-order valence-corrected chi connectivity index (χ2v) is 8.00. The summed E-state index contributed by atoms with van der Waals surface area (Å²) in [6.07, 6.45) is 2.88. The fraction of sp³-hybridized carbons (Fsp3) is 0.412. The van der Waals surface area contributed by atoms with Crippen molar-refractivity contribution in [2.75, 3.05) is 24.5 Å². The molecule has 6 heteroatoms. The molecule has 2 aliphatic rings. The minimum absolute atomic E-state index is 0.0712. The minimum Gasteiger partial charge on any atom is -0.446 e. The van der Waals surface area contributed by atoms with Gasteiger partial charge in [0.15, 0.2) is 0 Å². The molecule has 3 heterocycles. The van der Waals surface area contributed by atoms with Gasteiger partial charge in [0.05, 0.1) is 6.54 Å². The Bertz CT molecular complexity index is 807. The van der Waals surface area contributed by atoms with Crippen molar-refractivity contribution in [1.82, 2.24) is 4.31 Å². The van der Waals surface area contributed by atoms with Crippen molar-refractivity contribution in [1.29, 1.82) is 0 Å². The molecule has 0 unspecified atom stereocenters. The van der Waals surface area contributed by atoms with E-state index in [0.29, 0.717) is 25.4 Å². The Morgan fingerprint density at radius 2 is 1.78 bits per heavy atom. The summed E-state index contributed by atoms with van der Waals surface area (Å²) in [5.41, 5.74) is 2.55. The molecule has 5 nitrogen and oxygen atoms in total. The zero-order chi connectivity index (χ0) is 15.9. The molecule has 23 heavy (non-hydrogen) atoms. The lowest BCUT2D eigenvalue weighted by Crippen LogP contribution is -2.27. The molecule has 1 saturated heterocycles. The van der Waals surface area contributed by atoms with E-state index in [1.807, 2.05) is 6.07 Å². The highest BCUT2D eigenvalue weighted by atomic mass is 32.2. The van der Waals surface area contributed by atoms with Crippen LogP contribution in [0.25, 0.3) is 0 Å². The molecule has 4 rings (SSSR count). The first-order valence-corrected chi connectivity index (χ1v) is 9.50. The average molecular weight is 332 g/mol.